The molecular weight excluding hydrogens is 237 g/mol. The molecule has 0 radical (unpaired) electrons. The summed E-state index contributed by atoms with van der Waals surface area (Å²) in [4.78, 5) is 0. The van der Waals surface area contributed by atoms with Crippen molar-refractivity contribution in [3.8, 4) is 0 Å². The van der Waals surface area contributed by atoms with Crippen molar-refractivity contribution in [1.29, 1.82) is 0 Å². The molecule has 0 spiro atoms. The summed E-state index contributed by atoms with van der Waals surface area (Å²) in [5.41, 5.74) is 2.68. The summed E-state index contributed by atoms with van der Waals surface area (Å²) < 4.78 is 13.5. The third-order valence-electron chi connectivity index (χ3n) is 3.53. The molecular formula is C17H28FN. The van der Waals surface area contributed by atoms with Gasteiger partial charge in [-0.05, 0) is 43.5 Å². The SMILES string of the molecule is CCCCCCCCNCc1cc(C)c(F)c(C)c1. The predicted molar refractivity (Wildman–Crippen MR) is 81.0 cm³/mol. The Labute approximate surface area is 117 Å². The van der Waals surface area contributed by atoms with Gasteiger partial charge < -0.3 is 5.32 Å². The highest BCUT2D eigenvalue weighted by Gasteiger charge is 2.03. The smallest absolute Gasteiger partial charge is 0.129 e. The van der Waals surface area contributed by atoms with Gasteiger partial charge in [0.05, 0.1) is 0 Å². The molecule has 0 aromatic heterocycles. The Morgan fingerprint density at radius 1 is 0.947 bits per heavy atom. The van der Waals surface area contributed by atoms with E-state index in [0.29, 0.717) is 0 Å². The molecule has 0 amide bonds. The molecule has 1 rings (SSSR count). The number of nitrogens with one attached hydrogen (secondary N) is 1. The standard InChI is InChI=1S/C17H28FN/c1-4-5-6-7-8-9-10-19-13-16-11-14(2)17(18)15(3)12-16/h11-12,19H,4-10,13H2,1-3H3. The summed E-state index contributed by atoms with van der Waals surface area (Å²) in [6.07, 6.45) is 7.94. The van der Waals surface area contributed by atoms with E-state index in [1.165, 1.54) is 44.1 Å². The van der Waals surface area contributed by atoms with E-state index < -0.39 is 0 Å². The molecule has 2 heteroatoms. The Hall–Kier alpha value is -0.890. The maximum Gasteiger partial charge on any atom is 0.129 e. The van der Waals surface area contributed by atoms with Crippen molar-refractivity contribution in [1.82, 2.24) is 5.32 Å². The van der Waals surface area contributed by atoms with Crippen molar-refractivity contribution in [3.63, 3.8) is 0 Å². The molecule has 1 aromatic carbocycles. The van der Waals surface area contributed by atoms with Gasteiger partial charge in [0.25, 0.3) is 0 Å². The zero-order chi connectivity index (χ0) is 14.1. The second-order valence-electron chi connectivity index (χ2n) is 5.49. The summed E-state index contributed by atoms with van der Waals surface area (Å²) in [6.45, 7) is 7.81. The molecule has 1 nitrogen and oxygen atoms in total. The molecule has 0 heterocycles. The van der Waals surface area contributed by atoms with Crippen LogP contribution in [-0.2, 0) is 6.54 Å². The van der Waals surface area contributed by atoms with Gasteiger partial charge in [-0.3, -0.25) is 0 Å². The highest BCUT2D eigenvalue weighted by Crippen LogP contribution is 2.14. The second kappa shape index (κ2) is 9.08. The molecule has 19 heavy (non-hydrogen) atoms. The topological polar surface area (TPSA) is 12.0 Å². The number of unbranched alkanes of at least 4 members (excludes halogenated alkanes) is 5. The van der Waals surface area contributed by atoms with Crippen molar-refractivity contribution in [2.45, 2.75) is 65.8 Å². The molecule has 0 bridgehead atoms. The monoisotopic (exact) mass is 265 g/mol. The molecule has 1 N–H and O–H groups in total. The van der Waals surface area contributed by atoms with E-state index in [9.17, 15) is 4.39 Å². The van der Waals surface area contributed by atoms with Crippen molar-refractivity contribution in [2.75, 3.05) is 6.54 Å². The summed E-state index contributed by atoms with van der Waals surface area (Å²) in [5.74, 6) is -0.0697. The van der Waals surface area contributed by atoms with E-state index in [1.54, 1.807) is 0 Å². The van der Waals surface area contributed by atoms with Crippen LogP contribution in [0.4, 0.5) is 4.39 Å². The van der Waals surface area contributed by atoms with Gasteiger partial charge in [-0.15, -0.1) is 0 Å². The fraction of sp³-hybridized carbons (Fsp3) is 0.647. The molecule has 0 fully saturated rings. The summed E-state index contributed by atoms with van der Waals surface area (Å²) in [5, 5.41) is 3.44. The van der Waals surface area contributed by atoms with Crippen LogP contribution in [0, 0.1) is 19.7 Å². The second-order valence-corrected chi connectivity index (χ2v) is 5.49. The Kier molecular flexibility index (Phi) is 7.73. The molecule has 108 valence electrons. The van der Waals surface area contributed by atoms with Gasteiger partial charge in [0.2, 0.25) is 0 Å². The average Bonchev–Trinajstić information content (AvgIpc) is 2.39. The summed E-state index contributed by atoms with van der Waals surface area (Å²) >= 11 is 0. The molecule has 0 unspecified atom stereocenters. The maximum atomic E-state index is 13.5. The van der Waals surface area contributed by atoms with E-state index >= 15 is 0 Å². The Balaban J connectivity index is 2.16. The third-order valence-corrected chi connectivity index (χ3v) is 3.53. The number of hydrogen-bond donors (Lipinski definition) is 1. The molecule has 0 aliphatic heterocycles. The average molecular weight is 265 g/mol. The van der Waals surface area contributed by atoms with Gasteiger partial charge >= 0.3 is 0 Å². The van der Waals surface area contributed by atoms with Crippen LogP contribution in [-0.4, -0.2) is 6.54 Å². The fourth-order valence-corrected chi connectivity index (χ4v) is 2.40. The third kappa shape index (κ3) is 6.20. The van der Waals surface area contributed by atoms with Crippen LogP contribution in [0.15, 0.2) is 12.1 Å². The molecule has 0 aliphatic carbocycles. The van der Waals surface area contributed by atoms with Crippen LogP contribution in [0.3, 0.4) is 0 Å². The number of rotatable bonds is 9. The first-order valence-corrected chi connectivity index (χ1v) is 7.61. The molecule has 0 atom stereocenters. The van der Waals surface area contributed by atoms with Crippen LogP contribution in [0.1, 0.15) is 62.1 Å². The molecule has 1 aromatic rings. The highest BCUT2D eigenvalue weighted by molar-refractivity contribution is 5.30. The van der Waals surface area contributed by atoms with Gasteiger partial charge in [-0.1, -0.05) is 51.2 Å². The van der Waals surface area contributed by atoms with E-state index in [1.807, 2.05) is 26.0 Å². The van der Waals surface area contributed by atoms with Crippen molar-refractivity contribution < 1.29 is 4.39 Å². The van der Waals surface area contributed by atoms with E-state index in [2.05, 4.69) is 12.2 Å². The first-order valence-electron chi connectivity index (χ1n) is 7.61. The minimum atomic E-state index is -0.0697. The lowest BCUT2D eigenvalue weighted by Crippen LogP contribution is -2.15. The van der Waals surface area contributed by atoms with E-state index in [4.69, 9.17) is 0 Å². The van der Waals surface area contributed by atoms with Crippen molar-refractivity contribution in [2.24, 2.45) is 0 Å². The lowest BCUT2D eigenvalue weighted by molar-refractivity contribution is 0.570. The summed E-state index contributed by atoms with van der Waals surface area (Å²) in [7, 11) is 0. The first kappa shape index (κ1) is 16.2. The predicted octanol–water partition coefficient (Wildman–Crippen LogP) is 4.89. The zero-order valence-electron chi connectivity index (χ0n) is 12.7. The molecule has 0 saturated carbocycles. The van der Waals surface area contributed by atoms with Gasteiger partial charge in [0, 0.05) is 6.54 Å². The van der Waals surface area contributed by atoms with Crippen LogP contribution in [0.5, 0.6) is 0 Å². The van der Waals surface area contributed by atoms with Crippen molar-refractivity contribution >= 4 is 0 Å². The minimum absolute atomic E-state index is 0.0697. The maximum absolute atomic E-state index is 13.5. The lowest BCUT2D eigenvalue weighted by atomic mass is 10.1. The summed E-state index contributed by atoms with van der Waals surface area (Å²) in [6, 6.07) is 3.88. The van der Waals surface area contributed by atoms with E-state index in [0.717, 1.165) is 24.2 Å². The van der Waals surface area contributed by atoms with Crippen molar-refractivity contribution in [3.05, 3.63) is 34.6 Å². The number of hydrogen-bond acceptors (Lipinski definition) is 1. The number of aryl methyl sites for hydroxylation is 2. The van der Waals surface area contributed by atoms with Crippen LogP contribution in [0.25, 0.3) is 0 Å². The van der Waals surface area contributed by atoms with Crippen LogP contribution in [0.2, 0.25) is 0 Å². The zero-order valence-corrected chi connectivity index (χ0v) is 12.7. The first-order chi connectivity index (χ1) is 9.15. The normalized spacial score (nSPS) is 10.9. The van der Waals surface area contributed by atoms with Crippen LogP contribution < -0.4 is 5.32 Å². The number of halogens is 1. The quantitative estimate of drug-likeness (QED) is 0.627. The Morgan fingerprint density at radius 3 is 2.16 bits per heavy atom. The van der Waals surface area contributed by atoms with Gasteiger partial charge in [-0.25, -0.2) is 4.39 Å². The van der Waals surface area contributed by atoms with Gasteiger partial charge in [0.15, 0.2) is 0 Å². The van der Waals surface area contributed by atoms with Crippen LogP contribution >= 0.6 is 0 Å². The van der Waals surface area contributed by atoms with Gasteiger partial charge in [-0.2, -0.15) is 0 Å². The fourth-order valence-electron chi connectivity index (χ4n) is 2.40. The minimum Gasteiger partial charge on any atom is -0.313 e. The Morgan fingerprint density at radius 2 is 1.53 bits per heavy atom. The molecule has 0 aliphatic rings. The van der Waals surface area contributed by atoms with E-state index in [-0.39, 0.29) is 5.82 Å². The Bertz CT molecular complexity index is 351. The number of benzene rings is 1. The van der Waals surface area contributed by atoms with Gasteiger partial charge in [0.1, 0.15) is 5.82 Å². The molecule has 0 saturated heterocycles. The lowest BCUT2D eigenvalue weighted by Gasteiger charge is -2.08. The largest absolute Gasteiger partial charge is 0.313 e. The highest BCUT2D eigenvalue weighted by atomic mass is 19.1.